The summed E-state index contributed by atoms with van der Waals surface area (Å²) in [7, 11) is 0. The first-order valence-electron chi connectivity index (χ1n) is 7.22. The van der Waals surface area contributed by atoms with Crippen LogP contribution in [0.25, 0.3) is 0 Å². The molecule has 1 aromatic carbocycles. The second-order valence-electron chi connectivity index (χ2n) is 5.07. The lowest BCUT2D eigenvalue weighted by atomic mass is 10.2. The Labute approximate surface area is 128 Å². The number of aromatic nitrogens is 2. The number of anilines is 1. The zero-order valence-corrected chi connectivity index (χ0v) is 12.0. The van der Waals surface area contributed by atoms with Gasteiger partial charge in [0, 0.05) is 31.0 Å². The van der Waals surface area contributed by atoms with Gasteiger partial charge in [-0.25, -0.2) is 9.97 Å². The summed E-state index contributed by atoms with van der Waals surface area (Å²) in [6, 6.07) is 8.80. The van der Waals surface area contributed by atoms with Crippen LogP contribution in [0.4, 0.5) is 5.82 Å². The van der Waals surface area contributed by atoms with Gasteiger partial charge in [-0.05, 0) is 25.0 Å². The van der Waals surface area contributed by atoms with Gasteiger partial charge in [0.1, 0.15) is 0 Å². The number of likely N-dealkylation sites (tertiary alicyclic amines) is 1. The molecule has 1 aromatic heterocycles. The molecule has 2 aromatic rings. The summed E-state index contributed by atoms with van der Waals surface area (Å²) in [5.41, 5.74) is 0.696. The zero-order valence-electron chi connectivity index (χ0n) is 12.0. The van der Waals surface area contributed by atoms with Crippen molar-refractivity contribution in [2.75, 3.05) is 18.4 Å². The first-order valence-corrected chi connectivity index (χ1v) is 7.22. The minimum atomic E-state index is -0.309. The molecule has 6 nitrogen and oxygen atoms in total. The molecule has 0 radical (unpaired) electrons. The Hall–Kier alpha value is -2.76. The topological polar surface area (TPSA) is 75.2 Å². The van der Waals surface area contributed by atoms with E-state index in [-0.39, 0.29) is 23.3 Å². The normalized spacial score (nSPS) is 13.9. The molecule has 0 unspecified atom stereocenters. The van der Waals surface area contributed by atoms with E-state index in [0.717, 1.165) is 25.9 Å². The maximum absolute atomic E-state index is 12.5. The van der Waals surface area contributed by atoms with Gasteiger partial charge in [0.25, 0.3) is 11.8 Å². The quantitative estimate of drug-likeness (QED) is 0.939. The third-order valence-corrected chi connectivity index (χ3v) is 3.56. The Morgan fingerprint density at radius 2 is 1.68 bits per heavy atom. The molecule has 1 N–H and O–H groups in total. The van der Waals surface area contributed by atoms with Crippen LogP contribution in [0.5, 0.6) is 0 Å². The lowest BCUT2D eigenvalue weighted by molar-refractivity contribution is 0.0788. The molecular weight excluding hydrogens is 280 g/mol. The van der Waals surface area contributed by atoms with E-state index in [2.05, 4.69) is 15.3 Å². The number of nitrogens with one attached hydrogen (secondary N) is 1. The second-order valence-corrected chi connectivity index (χ2v) is 5.07. The fraction of sp³-hybridized carbons (Fsp3) is 0.250. The van der Waals surface area contributed by atoms with Gasteiger partial charge in [0.15, 0.2) is 11.5 Å². The smallest absolute Gasteiger partial charge is 0.276 e. The lowest BCUT2D eigenvalue weighted by Crippen LogP contribution is -2.30. The Morgan fingerprint density at radius 3 is 2.41 bits per heavy atom. The van der Waals surface area contributed by atoms with Crippen LogP contribution in [-0.4, -0.2) is 39.8 Å². The molecule has 1 fully saturated rings. The predicted molar refractivity (Wildman–Crippen MR) is 81.6 cm³/mol. The Balaban J connectivity index is 1.82. The van der Waals surface area contributed by atoms with Crippen LogP contribution < -0.4 is 5.32 Å². The average molecular weight is 296 g/mol. The molecule has 22 heavy (non-hydrogen) atoms. The highest BCUT2D eigenvalue weighted by Gasteiger charge is 2.24. The predicted octanol–water partition coefficient (Wildman–Crippen LogP) is 1.96. The van der Waals surface area contributed by atoms with E-state index in [1.807, 2.05) is 6.07 Å². The van der Waals surface area contributed by atoms with Crippen LogP contribution in [0, 0.1) is 0 Å². The van der Waals surface area contributed by atoms with Crippen molar-refractivity contribution in [2.45, 2.75) is 12.8 Å². The van der Waals surface area contributed by atoms with Gasteiger partial charge in [-0.15, -0.1) is 0 Å². The molecule has 2 amide bonds. The summed E-state index contributed by atoms with van der Waals surface area (Å²) in [6.45, 7) is 1.45. The number of carbonyl (C=O) groups excluding carboxylic acids is 2. The van der Waals surface area contributed by atoms with Crippen molar-refractivity contribution in [3.05, 3.63) is 54.0 Å². The summed E-state index contributed by atoms with van der Waals surface area (Å²) in [5, 5.41) is 2.67. The molecule has 112 valence electrons. The van der Waals surface area contributed by atoms with Gasteiger partial charge in [-0.2, -0.15) is 0 Å². The van der Waals surface area contributed by atoms with Gasteiger partial charge in [0.05, 0.1) is 0 Å². The lowest BCUT2D eigenvalue weighted by Gasteiger charge is -2.16. The maximum Gasteiger partial charge on any atom is 0.276 e. The van der Waals surface area contributed by atoms with Crippen molar-refractivity contribution in [1.82, 2.24) is 14.9 Å². The largest absolute Gasteiger partial charge is 0.337 e. The van der Waals surface area contributed by atoms with E-state index in [4.69, 9.17) is 0 Å². The summed E-state index contributed by atoms with van der Waals surface area (Å²) in [4.78, 5) is 34.6. The van der Waals surface area contributed by atoms with E-state index >= 15 is 0 Å². The van der Waals surface area contributed by atoms with E-state index < -0.39 is 0 Å². The zero-order chi connectivity index (χ0) is 15.4. The summed E-state index contributed by atoms with van der Waals surface area (Å²) < 4.78 is 0. The van der Waals surface area contributed by atoms with Gasteiger partial charge in [-0.3, -0.25) is 9.59 Å². The van der Waals surface area contributed by atoms with E-state index in [1.165, 1.54) is 12.4 Å². The van der Waals surface area contributed by atoms with Gasteiger partial charge in [-0.1, -0.05) is 18.2 Å². The van der Waals surface area contributed by atoms with Crippen LogP contribution in [0.1, 0.15) is 33.7 Å². The molecule has 2 heterocycles. The van der Waals surface area contributed by atoms with Gasteiger partial charge >= 0.3 is 0 Å². The van der Waals surface area contributed by atoms with E-state index in [9.17, 15) is 9.59 Å². The van der Waals surface area contributed by atoms with Crippen molar-refractivity contribution in [1.29, 1.82) is 0 Å². The van der Waals surface area contributed by atoms with Crippen LogP contribution >= 0.6 is 0 Å². The number of rotatable bonds is 3. The molecule has 0 aliphatic carbocycles. The fourth-order valence-electron chi connectivity index (χ4n) is 2.43. The van der Waals surface area contributed by atoms with Crippen molar-refractivity contribution in [2.24, 2.45) is 0 Å². The first kappa shape index (κ1) is 14.2. The number of carbonyl (C=O) groups is 2. The standard InChI is InChI=1S/C16H16N4O2/c21-15(12-6-2-1-3-7-12)19-14-13(17-8-9-18-14)16(22)20-10-4-5-11-20/h1-3,6-9H,4-5,10-11H2,(H,18,19,21). The molecule has 0 bridgehead atoms. The summed E-state index contributed by atoms with van der Waals surface area (Å²) in [6.07, 6.45) is 4.91. The number of nitrogens with zero attached hydrogens (tertiary/aromatic N) is 3. The summed E-state index contributed by atoms with van der Waals surface area (Å²) in [5.74, 6) is -0.293. The fourth-order valence-corrected chi connectivity index (χ4v) is 2.43. The van der Waals surface area contributed by atoms with Crippen LogP contribution in [-0.2, 0) is 0 Å². The molecule has 0 spiro atoms. The molecule has 6 heteroatoms. The Kier molecular flexibility index (Phi) is 4.09. The van der Waals surface area contributed by atoms with E-state index in [0.29, 0.717) is 5.56 Å². The van der Waals surface area contributed by atoms with Crippen molar-refractivity contribution in [3.8, 4) is 0 Å². The highest BCUT2D eigenvalue weighted by atomic mass is 16.2. The van der Waals surface area contributed by atoms with E-state index in [1.54, 1.807) is 29.2 Å². The molecule has 0 atom stereocenters. The van der Waals surface area contributed by atoms with Crippen molar-refractivity contribution in [3.63, 3.8) is 0 Å². The third-order valence-electron chi connectivity index (χ3n) is 3.56. The number of hydrogen-bond donors (Lipinski definition) is 1. The van der Waals surface area contributed by atoms with Crippen LogP contribution in [0.15, 0.2) is 42.7 Å². The highest BCUT2D eigenvalue weighted by Crippen LogP contribution is 2.16. The minimum absolute atomic E-state index is 0.186. The maximum atomic E-state index is 12.5. The molecule has 1 aliphatic rings. The molecule has 1 aliphatic heterocycles. The molecule has 3 rings (SSSR count). The van der Waals surface area contributed by atoms with Crippen LogP contribution in [0.3, 0.4) is 0 Å². The third kappa shape index (κ3) is 2.95. The number of benzene rings is 1. The Bertz CT molecular complexity index is 682. The van der Waals surface area contributed by atoms with Gasteiger partial charge in [0.2, 0.25) is 0 Å². The van der Waals surface area contributed by atoms with Crippen molar-refractivity contribution < 1.29 is 9.59 Å². The molecule has 1 saturated heterocycles. The summed E-state index contributed by atoms with van der Waals surface area (Å²) >= 11 is 0. The SMILES string of the molecule is O=C(Nc1nccnc1C(=O)N1CCCC1)c1ccccc1. The average Bonchev–Trinajstić information content (AvgIpc) is 3.10. The van der Waals surface area contributed by atoms with Crippen LogP contribution in [0.2, 0.25) is 0 Å². The highest BCUT2D eigenvalue weighted by molar-refractivity contribution is 6.07. The second kappa shape index (κ2) is 6.34. The monoisotopic (exact) mass is 296 g/mol. The van der Waals surface area contributed by atoms with Crippen molar-refractivity contribution >= 4 is 17.6 Å². The first-order chi connectivity index (χ1) is 10.8. The number of hydrogen-bond acceptors (Lipinski definition) is 4. The number of amides is 2. The van der Waals surface area contributed by atoms with Gasteiger partial charge < -0.3 is 10.2 Å². The molecule has 0 saturated carbocycles. The Morgan fingerprint density at radius 1 is 1.00 bits per heavy atom. The minimum Gasteiger partial charge on any atom is -0.337 e. The molecular formula is C16H16N4O2.